The largest absolute Gasteiger partial charge is 0.333 e. The van der Waals surface area contributed by atoms with E-state index in [2.05, 4.69) is 32.4 Å². The van der Waals surface area contributed by atoms with Crippen LogP contribution in [0.25, 0.3) is 0 Å². The van der Waals surface area contributed by atoms with Crippen LogP contribution in [0.2, 0.25) is 0 Å². The molecular weight excluding hydrogens is 284 g/mol. The van der Waals surface area contributed by atoms with Gasteiger partial charge in [-0.2, -0.15) is 0 Å². The molecule has 0 N–H and O–H groups in total. The standard InChI is InChI=1S/C9H8BrClN2S/c10-9-1-7(5-14-9)3-13-4-8(2-11)12-6-13/h1,4-6H,2-3H2. The van der Waals surface area contributed by atoms with Crippen LogP contribution in [-0.2, 0) is 12.4 Å². The first-order chi connectivity index (χ1) is 6.78. The molecule has 2 nitrogen and oxygen atoms in total. The Labute approximate surface area is 99.7 Å². The highest BCUT2D eigenvalue weighted by Crippen LogP contribution is 2.21. The lowest BCUT2D eigenvalue weighted by atomic mass is 10.3. The molecule has 0 aliphatic carbocycles. The highest BCUT2D eigenvalue weighted by atomic mass is 79.9. The molecule has 74 valence electrons. The Morgan fingerprint density at radius 1 is 1.57 bits per heavy atom. The maximum Gasteiger partial charge on any atom is 0.0953 e. The number of hydrogen-bond donors (Lipinski definition) is 0. The summed E-state index contributed by atoms with van der Waals surface area (Å²) in [4.78, 5) is 4.16. The van der Waals surface area contributed by atoms with Crippen LogP contribution >= 0.6 is 38.9 Å². The van der Waals surface area contributed by atoms with E-state index in [0.29, 0.717) is 5.88 Å². The number of alkyl halides is 1. The fourth-order valence-electron chi connectivity index (χ4n) is 1.20. The van der Waals surface area contributed by atoms with Crippen LogP contribution in [0.3, 0.4) is 0 Å². The molecule has 0 fully saturated rings. The molecular formula is C9H8BrClN2S. The van der Waals surface area contributed by atoms with Gasteiger partial charge in [-0.15, -0.1) is 22.9 Å². The van der Waals surface area contributed by atoms with Crippen molar-refractivity contribution >= 4 is 38.9 Å². The zero-order valence-electron chi connectivity index (χ0n) is 7.28. The fourth-order valence-corrected chi connectivity index (χ4v) is 2.54. The second-order valence-corrected chi connectivity index (χ2v) is 5.49. The molecule has 0 aliphatic heterocycles. The van der Waals surface area contributed by atoms with E-state index in [9.17, 15) is 0 Å². The predicted molar refractivity (Wildman–Crippen MR) is 62.9 cm³/mol. The quantitative estimate of drug-likeness (QED) is 0.792. The Hall–Kier alpha value is -0.320. The van der Waals surface area contributed by atoms with Crippen LogP contribution in [0.4, 0.5) is 0 Å². The monoisotopic (exact) mass is 290 g/mol. The number of imidazole rings is 1. The second kappa shape index (κ2) is 4.47. The van der Waals surface area contributed by atoms with Crippen molar-refractivity contribution in [2.24, 2.45) is 0 Å². The van der Waals surface area contributed by atoms with E-state index >= 15 is 0 Å². The summed E-state index contributed by atoms with van der Waals surface area (Å²) in [6.45, 7) is 0.853. The first-order valence-corrected chi connectivity index (χ1v) is 6.28. The van der Waals surface area contributed by atoms with Crippen LogP contribution in [0.1, 0.15) is 11.3 Å². The summed E-state index contributed by atoms with van der Waals surface area (Å²) in [6, 6.07) is 2.12. The molecule has 0 radical (unpaired) electrons. The van der Waals surface area contributed by atoms with Gasteiger partial charge < -0.3 is 4.57 Å². The average molecular weight is 292 g/mol. The Morgan fingerprint density at radius 3 is 3.00 bits per heavy atom. The average Bonchev–Trinajstić information content (AvgIpc) is 2.76. The lowest BCUT2D eigenvalue weighted by Gasteiger charge is -1.97. The van der Waals surface area contributed by atoms with Crippen molar-refractivity contribution in [1.82, 2.24) is 9.55 Å². The number of aromatic nitrogens is 2. The van der Waals surface area contributed by atoms with Gasteiger partial charge in [0.1, 0.15) is 0 Å². The SMILES string of the molecule is ClCc1cn(Cc2csc(Br)c2)cn1. The van der Waals surface area contributed by atoms with E-state index in [1.807, 2.05) is 17.1 Å². The van der Waals surface area contributed by atoms with Crippen molar-refractivity contribution in [3.63, 3.8) is 0 Å². The molecule has 0 aromatic carbocycles. The smallest absolute Gasteiger partial charge is 0.0953 e. The molecule has 0 aliphatic rings. The molecule has 2 heterocycles. The third kappa shape index (κ3) is 2.38. The Kier molecular flexibility index (Phi) is 3.26. The first kappa shape index (κ1) is 10.2. The minimum Gasteiger partial charge on any atom is -0.333 e. The van der Waals surface area contributed by atoms with Crippen molar-refractivity contribution in [1.29, 1.82) is 0 Å². The summed E-state index contributed by atoms with van der Waals surface area (Å²) in [5.41, 5.74) is 2.20. The van der Waals surface area contributed by atoms with Gasteiger partial charge in [-0.25, -0.2) is 4.98 Å². The third-order valence-electron chi connectivity index (χ3n) is 1.81. The van der Waals surface area contributed by atoms with Gasteiger partial charge in [0.25, 0.3) is 0 Å². The zero-order valence-corrected chi connectivity index (χ0v) is 10.4. The number of nitrogens with zero attached hydrogens (tertiary/aromatic N) is 2. The lowest BCUT2D eigenvalue weighted by Crippen LogP contribution is -1.93. The van der Waals surface area contributed by atoms with E-state index in [1.165, 1.54) is 5.56 Å². The summed E-state index contributed by atoms with van der Waals surface area (Å²) in [7, 11) is 0. The van der Waals surface area contributed by atoms with E-state index in [4.69, 9.17) is 11.6 Å². The molecule has 2 aromatic rings. The summed E-state index contributed by atoms with van der Waals surface area (Å²) < 4.78 is 3.19. The highest BCUT2D eigenvalue weighted by molar-refractivity contribution is 9.11. The number of halogens is 2. The zero-order chi connectivity index (χ0) is 9.97. The number of thiophene rings is 1. The molecule has 14 heavy (non-hydrogen) atoms. The molecule has 0 saturated heterocycles. The van der Waals surface area contributed by atoms with Gasteiger partial charge in [0.05, 0.1) is 21.7 Å². The van der Waals surface area contributed by atoms with Crippen molar-refractivity contribution in [2.45, 2.75) is 12.4 Å². The Balaban J connectivity index is 2.10. The van der Waals surface area contributed by atoms with Crippen LogP contribution in [0.15, 0.2) is 27.8 Å². The van der Waals surface area contributed by atoms with Gasteiger partial charge >= 0.3 is 0 Å². The van der Waals surface area contributed by atoms with Gasteiger partial charge in [-0.05, 0) is 32.9 Å². The second-order valence-electron chi connectivity index (χ2n) is 2.93. The molecule has 0 spiro atoms. The minimum atomic E-state index is 0.473. The molecule has 5 heteroatoms. The molecule has 0 bridgehead atoms. The third-order valence-corrected chi connectivity index (χ3v) is 3.64. The van der Waals surface area contributed by atoms with Gasteiger partial charge in [-0.3, -0.25) is 0 Å². The highest BCUT2D eigenvalue weighted by Gasteiger charge is 2.00. The Morgan fingerprint density at radius 2 is 2.43 bits per heavy atom. The molecule has 0 amide bonds. The molecule has 2 aromatic heterocycles. The van der Waals surface area contributed by atoms with Crippen LogP contribution in [0, 0.1) is 0 Å². The van der Waals surface area contributed by atoms with Crippen LogP contribution < -0.4 is 0 Å². The molecule has 0 atom stereocenters. The van der Waals surface area contributed by atoms with E-state index in [-0.39, 0.29) is 0 Å². The van der Waals surface area contributed by atoms with Gasteiger partial charge in [0.15, 0.2) is 0 Å². The lowest BCUT2D eigenvalue weighted by molar-refractivity contribution is 0.799. The van der Waals surface area contributed by atoms with Crippen LogP contribution in [0.5, 0.6) is 0 Å². The minimum absolute atomic E-state index is 0.473. The summed E-state index contributed by atoms with van der Waals surface area (Å²) in [5, 5.41) is 2.13. The topological polar surface area (TPSA) is 17.8 Å². The van der Waals surface area contributed by atoms with E-state index < -0.39 is 0 Å². The molecule has 2 rings (SSSR count). The molecule has 0 saturated carbocycles. The maximum atomic E-state index is 5.67. The summed E-state index contributed by atoms with van der Waals surface area (Å²) in [5.74, 6) is 0.473. The summed E-state index contributed by atoms with van der Waals surface area (Å²) >= 11 is 10.8. The van der Waals surface area contributed by atoms with Crippen LogP contribution in [-0.4, -0.2) is 9.55 Å². The predicted octanol–water partition coefficient (Wildman–Crippen LogP) is 3.49. The van der Waals surface area contributed by atoms with Gasteiger partial charge in [0, 0.05) is 12.7 Å². The number of rotatable bonds is 3. The van der Waals surface area contributed by atoms with Gasteiger partial charge in [0.2, 0.25) is 0 Å². The van der Waals surface area contributed by atoms with E-state index in [1.54, 1.807) is 11.3 Å². The number of hydrogen-bond acceptors (Lipinski definition) is 2. The van der Waals surface area contributed by atoms with Crippen molar-refractivity contribution in [3.8, 4) is 0 Å². The van der Waals surface area contributed by atoms with Crippen molar-refractivity contribution < 1.29 is 0 Å². The van der Waals surface area contributed by atoms with Crippen molar-refractivity contribution in [2.75, 3.05) is 0 Å². The molecule has 0 unspecified atom stereocenters. The summed E-state index contributed by atoms with van der Waals surface area (Å²) in [6.07, 6.45) is 3.78. The van der Waals surface area contributed by atoms with E-state index in [0.717, 1.165) is 16.0 Å². The van der Waals surface area contributed by atoms with Gasteiger partial charge in [-0.1, -0.05) is 0 Å². The maximum absolute atomic E-state index is 5.67. The first-order valence-electron chi connectivity index (χ1n) is 4.07. The van der Waals surface area contributed by atoms with Crippen molar-refractivity contribution in [3.05, 3.63) is 39.0 Å². The fraction of sp³-hybridized carbons (Fsp3) is 0.222. The normalized spacial score (nSPS) is 10.7. The Bertz CT molecular complexity index is 424.